The van der Waals surface area contributed by atoms with E-state index in [1.165, 1.54) is 0 Å². The summed E-state index contributed by atoms with van der Waals surface area (Å²) in [6.45, 7) is 3.95. The van der Waals surface area contributed by atoms with Gasteiger partial charge >= 0.3 is 0 Å². The summed E-state index contributed by atoms with van der Waals surface area (Å²) in [6, 6.07) is 0. The fourth-order valence-corrected chi connectivity index (χ4v) is 0. The summed E-state index contributed by atoms with van der Waals surface area (Å²) < 4.78 is 0.00154. The van der Waals surface area contributed by atoms with E-state index in [-0.39, 0.29) is 4.75 Å². The summed E-state index contributed by atoms with van der Waals surface area (Å²) in [4.78, 5) is 0. The smallest absolute Gasteiger partial charge is 0.0363 e. The largest absolute Gasteiger partial charge is 0.172 e. The first-order chi connectivity index (χ1) is 2.56. The molecular formula is C4H9ClS. The van der Waals surface area contributed by atoms with Crippen molar-refractivity contribution in [3.63, 3.8) is 0 Å². The average Bonchev–Trinajstić information content (AvgIpc) is 1.35. The van der Waals surface area contributed by atoms with Crippen molar-refractivity contribution in [3.8, 4) is 0 Å². The second-order valence-electron chi connectivity index (χ2n) is 1.95. The third-order valence-corrected chi connectivity index (χ3v) is 1.34. The second kappa shape index (κ2) is 2.08. The van der Waals surface area contributed by atoms with Crippen molar-refractivity contribution in [1.82, 2.24) is 0 Å². The predicted octanol–water partition coefficient (Wildman–Crippen LogP) is 1.93. The van der Waals surface area contributed by atoms with Gasteiger partial charge in [-0.1, -0.05) is 0 Å². The Hall–Kier alpha value is 0.640. The van der Waals surface area contributed by atoms with Crippen LogP contribution in [0.25, 0.3) is 0 Å². The molecule has 0 aliphatic heterocycles. The van der Waals surface area contributed by atoms with E-state index < -0.39 is 0 Å². The highest BCUT2D eigenvalue weighted by atomic mass is 35.5. The highest BCUT2D eigenvalue weighted by Crippen LogP contribution is 2.12. The van der Waals surface area contributed by atoms with Crippen molar-refractivity contribution in [3.05, 3.63) is 0 Å². The van der Waals surface area contributed by atoms with E-state index in [1.807, 2.05) is 13.8 Å². The SMILES string of the molecule is CC(C)(S)CCl. The first-order valence-corrected chi connectivity index (χ1v) is 2.83. The van der Waals surface area contributed by atoms with Crippen molar-refractivity contribution in [1.29, 1.82) is 0 Å². The van der Waals surface area contributed by atoms with Gasteiger partial charge in [-0.25, -0.2) is 0 Å². The molecule has 0 saturated carbocycles. The van der Waals surface area contributed by atoms with E-state index in [1.54, 1.807) is 0 Å². The molecule has 6 heavy (non-hydrogen) atoms. The molecule has 0 fully saturated rings. The van der Waals surface area contributed by atoms with E-state index in [2.05, 4.69) is 12.6 Å². The Labute approximate surface area is 49.3 Å². The molecule has 0 bridgehead atoms. The fraction of sp³-hybridized carbons (Fsp3) is 1.00. The van der Waals surface area contributed by atoms with Gasteiger partial charge in [-0.2, -0.15) is 12.6 Å². The van der Waals surface area contributed by atoms with Gasteiger partial charge in [0.2, 0.25) is 0 Å². The molecule has 2 heteroatoms. The van der Waals surface area contributed by atoms with Crippen molar-refractivity contribution in [2.24, 2.45) is 0 Å². The van der Waals surface area contributed by atoms with Gasteiger partial charge in [0.05, 0.1) is 0 Å². The van der Waals surface area contributed by atoms with Gasteiger partial charge in [0, 0.05) is 10.6 Å². The number of thiol groups is 1. The number of hydrogen-bond acceptors (Lipinski definition) is 1. The van der Waals surface area contributed by atoms with Gasteiger partial charge in [0.15, 0.2) is 0 Å². The summed E-state index contributed by atoms with van der Waals surface area (Å²) >= 11 is 9.52. The fourth-order valence-electron chi connectivity index (χ4n) is 0. The third kappa shape index (κ3) is 4.64. The van der Waals surface area contributed by atoms with Crippen LogP contribution in [0.1, 0.15) is 13.8 Å². The van der Waals surface area contributed by atoms with E-state index in [0.29, 0.717) is 5.88 Å². The Bertz CT molecular complexity index is 37.3. The lowest BCUT2D eigenvalue weighted by molar-refractivity contribution is 0.820. The van der Waals surface area contributed by atoms with Crippen molar-refractivity contribution in [2.75, 3.05) is 5.88 Å². The molecule has 0 heterocycles. The van der Waals surface area contributed by atoms with Gasteiger partial charge in [0.25, 0.3) is 0 Å². The summed E-state index contributed by atoms with van der Waals surface area (Å²) in [6.07, 6.45) is 0. The third-order valence-electron chi connectivity index (χ3n) is 0.327. The number of halogens is 1. The second-order valence-corrected chi connectivity index (χ2v) is 3.42. The molecule has 0 radical (unpaired) electrons. The summed E-state index contributed by atoms with van der Waals surface area (Å²) in [5.41, 5.74) is 0. The van der Waals surface area contributed by atoms with Crippen LogP contribution in [0.5, 0.6) is 0 Å². The van der Waals surface area contributed by atoms with Crippen LogP contribution in [0.3, 0.4) is 0 Å². The Balaban J connectivity index is 3.17. The van der Waals surface area contributed by atoms with E-state index in [4.69, 9.17) is 11.6 Å². The first-order valence-electron chi connectivity index (χ1n) is 1.84. The number of hydrogen-bond donors (Lipinski definition) is 1. The predicted molar refractivity (Wildman–Crippen MR) is 33.8 cm³/mol. The normalized spacial score (nSPS) is 12.0. The van der Waals surface area contributed by atoms with Crippen LogP contribution in [0, 0.1) is 0 Å². The van der Waals surface area contributed by atoms with Crippen LogP contribution in [0.15, 0.2) is 0 Å². The molecule has 0 aromatic heterocycles. The van der Waals surface area contributed by atoms with Crippen LogP contribution in [0.2, 0.25) is 0 Å². The molecular weight excluding hydrogens is 116 g/mol. The molecule has 0 spiro atoms. The summed E-state index contributed by atoms with van der Waals surface area (Å²) in [5.74, 6) is 0.607. The molecule has 0 amide bonds. The van der Waals surface area contributed by atoms with Gasteiger partial charge in [-0.3, -0.25) is 0 Å². The molecule has 38 valence electrons. The van der Waals surface area contributed by atoms with Crippen LogP contribution in [-0.2, 0) is 0 Å². The lowest BCUT2D eigenvalue weighted by atomic mass is 10.3. The molecule has 0 atom stereocenters. The monoisotopic (exact) mass is 124 g/mol. The van der Waals surface area contributed by atoms with Crippen molar-refractivity contribution in [2.45, 2.75) is 18.6 Å². The Morgan fingerprint density at radius 2 is 1.83 bits per heavy atom. The first kappa shape index (κ1) is 6.64. The van der Waals surface area contributed by atoms with Gasteiger partial charge < -0.3 is 0 Å². The van der Waals surface area contributed by atoms with Gasteiger partial charge in [-0.05, 0) is 13.8 Å². The van der Waals surface area contributed by atoms with Crippen molar-refractivity contribution >= 4 is 24.2 Å². The van der Waals surface area contributed by atoms with Crippen LogP contribution in [-0.4, -0.2) is 10.6 Å². The van der Waals surface area contributed by atoms with E-state index in [9.17, 15) is 0 Å². The van der Waals surface area contributed by atoms with Crippen LogP contribution < -0.4 is 0 Å². The zero-order valence-corrected chi connectivity index (χ0v) is 5.68. The topological polar surface area (TPSA) is 0 Å². The molecule has 0 aliphatic carbocycles. The maximum atomic E-state index is 5.40. The van der Waals surface area contributed by atoms with E-state index >= 15 is 0 Å². The Kier molecular flexibility index (Phi) is 2.30. The molecule has 0 N–H and O–H groups in total. The standard InChI is InChI=1S/C4H9ClS/c1-4(2,6)3-5/h6H,3H2,1-2H3. The van der Waals surface area contributed by atoms with E-state index in [0.717, 1.165) is 0 Å². The molecule has 0 nitrogen and oxygen atoms in total. The van der Waals surface area contributed by atoms with Crippen LogP contribution >= 0.6 is 24.2 Å². The highest BCUT2D eigenvalue weighted by molar-refractivity contribution is 7.81. The quantitative estimate of drug-likeness (QED) is 0.401. The average molecular weight is 125 g/mol. The summed E-state index contributed by atoms with van der Waals surface area (Å²) in [5, 5.41) is 0. The molecule has 0 aliphatic rings. The van der Waals surface area contributed by atoms with Crippen molar-refractivity contribution < 1.29 is 0 Å². The maximum absolute atomic E-state index is 5.40. The minimum atomic E-state index is 0.00154. The number of alkyl halides is 1. The Morgan fingerprint density at radius 3 is 1.83 bits per heavy atom. The maximum Gasteiger partial charge on any atom is 0.0363 e. The summed E-state index contributed by atoms with van der Waals surface area (Å²) in [7, 11) is 0. The lowest BCUT2D eigenvalue weighted by Crippen LogP contribution is -2.10. The molecule has 0 unspecified atom stereocenters. The molecule has 0 aromatic rings. The van der Waals surface area contributed by atoms with Gasteiger partial charge in [0.1, 0.15) is 0 Å². The molecule has 0 rings (SSSR count). The molecule has 0 aromatic carbocycles. The van der Waals surface area contributed by atoms with Crippen LogP contribution in [0.4, 0.5) is 0 Å². The minimum Gasteiger partial charge on any atom is -0.172 e. The zero-order valence-electron chi connectivity index (χ0n) is 4.03. The minimum absolute atomic E-state index is 0.00154. The highest BCUT2D eigenvalue weighted by Gasteiger charge is 2.06. The Morgan fingerprint density at radius 1 is 1.67 bits per heavy atom. The zero-order chi connectivity index (χ0) is 5.21. The molecule has 0 saturated heterocycles. The van der Waals surface area contributed by atoms with Gasteiger partial charge in [-0.15, -0.1) is 11.6 Å². The number of rotatable bonds is 1. The lowest BCUT2D eigenvalue weighted by Gasteiger charge is -2.09.